The molecule has 0 rings (SSSR count). The number of unbranched alkanes of at least 4 members (excludes halogenated alkanes) is 23. The Bertz CT molecular complexity index is 773. The molecular weight excluding hydrogens is 645 g/mol. The summed E-state index contributed by atoms with van der Waals surface area (Å²) < 4.78 is 12.2. The van der Waals surface area contributed by atoms with Crippen LogP contribution in [0.2, 0.25) is 0 Å². The molecule has 0 spiro atoms. The van der Waals surface area contributed by atoms with Gasteiger partial charge in [-0.15, -0.1) is 0 Å². The first-order chi connectivity index (χ1) is 25.6. The lowest BCUT2D eigenvalue weighted by Gasteiger charge is -2.35. The van der Waals surface area contributed by atoms with Crippen LogP contribution in [0.25, 0.3) is 0 Å². The molecular formula is C46H91N2O4+. The number of carbonyl (C=O) groups excluding carboxylic acids is 1. The van der Waals surface area contributed by atoms with E-state index in [1.807, 2.05) is 0 Å². The van der Waals surface area contributed by atoms with Gasteiger partial charge in [-0.25, -0.2) is 0 Å². The van der Waals surface area contributed by atoms with Crippen molar-refractivity contribution in [3.05, 3.63) is 24.3 Å². The second kappa shape index (κ2) is 42.5. The Hall–Kier alpha value is -1.21. The number of carbonyl (C=O) groups is 1. The maximum atomic E-state index is 12.5. The van der Waals surface area contributed by atoms with E-state index in [1.165, 1.54) is 161 Å². The molecule has 0 saturated heterocycles. The fraction of sp³-hybridized carbons (Fsp3) is 0.891. The van der Waals surface area contributed by atoms with Crippen molar-refractivity contribution in [3.8, 4) is 0 Å². The van der Waals surface area contributed by atoms with E-state index in [0.717, 1.165) is 49.9 Å². The van der Waals surface area contributed by atoms with Crippen LogP contribution < -0.4 is 5.32 Å². The molecule has 0 heterocycles. The summed E-state index contributed by atoms with van der Waals surface area (Å²) in [5.74, 6) is 0.214. The van der Waals surface area contributed by atoms with Crippen LogP contribution in [-0.4, -0.2) is 81.8 Å². The lowest BCUT2D eigenvalue weighted by Crippen LogP contribution is -2.48. The Morgan fingerprint density at radius 1 is 0.500 bits per heavy atom. The molecule has 308 valence electrons. The number of amides is 1. The summed E-state index contributed by atoms with van der Waals surface area (Å²) in [6, 6.07) is 0. The van der Waals surface area contributed by atoms with Crippen molar-refractivity contribution in [2.75, 3.05) is 66.3 Å². The maximum Gasteiger partial charge on any atom is 0.219 e. The van der Waals surface area contributed by atoms with Crippen LogP contribution in [0.3, 0.4) is 0 Å². The maximum absolute atomic E-state index is 12.5. The summed E-state index contributed by atoms with van der Waals surface area (Å²) in [6.45, 7) is 10.8. The standard InChI is InChI=1S/C46H90N2O4/c1-4-6-8-10-12-14-16-18-20-22-24-26-28-30-32-34-38-48(3,40-42-51-44-45-52-43-41-49)39-35-37-47-46(50)36-33-31-29-27-25-23-21-19-17-15-13-11-9-7-5-2/h18-21,49H,4-17,22-45H2,1-3H3/p+1/b20-18-,21-19-. The number of aliphatic hydroxyl groups excluding tert-OH is 1. The van der Waals surface area contributed by atoms with Crippen LogP contribution in [0, 0.1) is 0 Å². The molecule has 2 N–H and O–H groups in total. The number of nitrogens with one attached hydrogen (secondary N) is 1. The molecule has 52 heavy (non-hydrogen) atoms. The van der Waals surface area contributed by atoms with Gasteiger partial charge in [-0.2, -0.15) is 0 Å². The van der Waals surface area contributed by atoms with Gasteiger partial charge in [-0.1, -0.05) is 141 Å². The van der Waals surface area contributed by atoms with Crippen molar-refractivity contribution in [1.82, 2.24) is 5.32 Å². The van der Waals surface area contributed by atoms with Crippen LogP contribution in [0.5, 0.6) is 0 Å². The molecule has 1 amide bonds. The number of rotatable bonds is 43. The van der Waals surface area contributed by atoms with E-state index in [1.54, 1.807) is 0 Å². The van der Waals surface area contributed by atoms with E-state index < -0.39 is 0 Å². The molecule has 6 heteroatoms. The van der Waals surface area contributed by atoms with Crippen LogP contribution in [0.15, 0.2) is 24.3 Å². The Morgan fingerprint density at radius 2 is 0.904 bits per heavy atom. The molecule has 0 aromatic carbocycles. The van der Waals surface area contributed by atoms with Gasteiger partial charge >= 0.3 is 0 Å². The second-order valence-corrected chi connectivity index (χ2v) is 15.7. The zero-order valence-corrected chi connectivity index (χ0v) is 35.3. The normalized spacial score (nSPS) is 13.1. The number of quaternary nitrogens is 1. The van der Waals surface area contributed by atoms with Gasteiger partial charge in [-0.3, -0.25) is 4.79 Å². The third-order valence-electron chi connectivity index (χ3n) is 10.5. The number of nitrogens with zero attached hydrogens (tertiary/aromatic N) is 1. The molecule has 6 nitrogen and oxygen atoms in total. The third kappa shape index (κ3) is 40.0. The Balaban J connectivity index is 4.05. The van der Waals surface area contributed by atoms with E-state index in [4.69, 9.17) is 14.6 Å². The molecule has 0 aliphatic carbocycles. The van der Waals surface area contributed by atoms with Gasteiger partial charge in [0.25, 0.3) is 0 Å². The zero-order chi connectivity index (χ0) is 37.9. The minimum Gasteiger partial charge on any atom is -0.394 e. The van der Waals surface area contributed by atoms with Gasteiger partial charge in [0.15, 0.2) is 0 Å². The quantitative estimate of drug-likeness (QED) is 0.0372. The molecule has 0 aliphatic heterocycles. The van der Waals surface area contributed by atoms with Gasteiger partial charge in [-0.05, 0) is 70.6 Å². The minimum atomic E-state index is 0.0549. The van der Waals surface area contributed by atoms with Crippen LogP contribution in [0.4, 0.5) is 0 Å². The third-order valence-corrected chi connectivity index (χ3v) is 10.5. The zero-order valence-electron chi connectivity index (χ0n) is 35.3. The largest absolute Gasteiger partial charge is 0.394 e. The smallest absolute Gasteiger partial charge is 0.219 e. The molecule has 0 radical (unpaired) electrons. The van der Waals surface area contributed by atoms with E-state index in [0.29, 0.717) is 32.8 Å². The first kappa shape index (κ1) is 50.8. The van der Waals surface area contributed by atoms with Gasteiger partial charge in [0.1, 0.15) is 6.54 Å². The van der Waals surface area contributed by atoms with Gasteiger partial charge in [0, 0.05) is 19.4 Å². The van der Waals surface area contributed by atoms with Crippen molar-refractivity contribution in [3.63, 3.8) is 0 Å². The number of ether oxygens (including phenoxy) is 2. The van der Waals surface area contributed by atoms with E-state index in [2.05, 4.69) is 50.5 Å². The fourth-order valence-corrected chi connectivity index (χ4v) is 6.88. The summed E-state index contributed by atoms with van der Waals surface area (Å²) in [6.07, 6.45) is 46.6. The lowest BCUT2D eigenvalue weighted by atomic mass is 10.1. The van der Waals surface area contributed by atoms with Crippen molar-refractivity contribution in [2.45, 2.75) is 200 Å². The Labute approximate surface area is 324 Å². The van der Waals surface area contributed by atoms with Crippen LogP contribution in [0.1, 0.15) is 200 Å². The summed E-state index contributed by atoms with van der Waals surface area (Å²) in [4.78, 5) is 12.5. The van der Waals surface area contributed by atoms with Crippen molar-refractivity contribution < 1.29 is 23.9 Å². The summed E-state index contributed by atoms with van der Waals surface area (Å²) in [5.41, 5.74) is 0. The predicted octanol–water partition coefficient (Wildman–Crippen LogP) is 12.0. The Morgan fingerprint density at radius 3 is 1.38 bits per heavy atom. The molecule has 0 fully saturated rings. The van der Waals surface area contributed by atoms with Crippen LogP contribution in [-0.2, 0) is 14.3 Å². The van der Waals surface area contributed by atoms with Gasteiger partial charge in [0.05, 0.1) is 53.2 Å². The van der Waals surface area contributed by atoms with E-state index >= 15 is 0 Å². The highest BCUT2D eigenvalue weighted by atomic mass is 16.5. The van der Waals surface area contributed by atoms with Crippen molar-refractivity contribution >= 4 is 5.91 Å². The first-order valence-corrected chi connectivity index (χ1v) is 22.7. The van der Waals surface area contributed by atoms with Crippen LogP contribution >= 0.6 is 0 Å². The van der Waals surface area contributed by atoms with Gasteiger partial charge in [0.2, 0.25) is 5.91 Å². The monoisotopic (exact) mass is 736 g/mol. The second-order valence-electron chi connectivity index (χ2n) is 15.7. The van der Waals surface area contributed by atoms with Gasteiger partial charge < -0.3 is 24.4 Å². The fourth-order valence-electron chi connectivity index (χ4n) is 6.88. The molecule has 0 aromatic rings. The van der Waals surface area contributed by atoms with E-state index in [-0.39, 0.29) is 12.5 Å². The molecule has 1 atom stereocenters. The molecule has 0 aliphatic rings. The SMILES string of the molecule is CCCCCCCC/C=C\CCCCCCCC[N+](C)(CCCNC(=O)CCCCCCC/C=C\CCCCCCCC)CCOCCOCCO. The lowest BCUT2D eigenvalue weighted by molar-refractivity contribution is -0.910. The highest BCUT2D eigenvalue weighted by Crippen LogP contribution is 2.14. The topological polar surface area (TPSA) is 67.8 Å². The summed E-state index contributed by atoms with van der Waals surface area (Å²) in [5, 5.41) is 12.1. The number of hydrogen-bond acceptors (Lipinski definition) is 4. The highest BCUT2D eigenvalue weighted by molar-refractivity contribution is 5.75. The van der Waals surface area contributed by atoms with Crippen molar-refractivity contribution in [2.24, 2.45) is 0 Å². The first-order valence-electron chi connectivity index (χ1n) is 22.7. The average Bonchev–Trinajstić information content (AvgIpc) is 3.14. The predicted molar refractivity (Wildman–Crippen MR) is 226 cm³/mol. The molecule has 0 aromatic heterocycles. The summed E-state index contributed by atoms with van der Waals surface area (Å²) >= 11 is 0. The highest BCUT2D eigenvalue weighted by Gasteiger charge is 2.20. The number of hydrogen-bond donors (Lipinski definition) is 2. The van der Waals surface area contributed by atoms with Crippen molar-refractivity contribution in [1.29, 1.82) is 0 Å². The van der Waals surface area contributed by atoms with E-state index in [9.17, 15) is 4.79 Å². The summed E-state index contributed by atoms with van der Waals surface area (Å²) in [7, 11) is 2.36. The minimum absolute atomic E-state index is 0.0549. The number of allylic oxidation sites excluding steroid dienone is 4. The molecule has 0 bridgehead atoms. The average molecular weight is 736 g/mol. The number of likely N-dealkylation sites (N-methyl/N-ethyl adjacent to an activating group) is 1. The number of aliphatic hydroxyl groups is 1. The molecule has 1 unspecified atom stereocenters. The Kier molecular flexibility index (Phi) is 41.5. The molecule has 0 saturated carbocycles.